The van der Waals surface area contributed by atoms with Crippen molar-refractivity contribution in [3.8, 4) is 17.2 Å². The Bertz CT molecular complexity index is 1110. The van der Waals surface area contributed by atoms with Crippen LogP contribution in [0.25, 0.3) is 11.1 Å². The molecule has 1 saturated carbocycles. The number of hydrogen-bond donors (Lipinski definition) is 3. The molecule has 0 aromatic heterocycles. The molecule has 1 atom stereocenters. The molecule has 182 valence electrons. The number of carboxylic acid groups (broad SMARTS) is 1. The van der Waals surface area contributed by atoms with Crippen molar-refractivity contribution in [2.45, 2.75) is 50.5 Å². The van der Waals surface area contributed by atoms with Gasteiger partial charge in [-0.05, 0) is 54.4 Å². The van der Waals surface area contributed by atoms with Crippen LogP contribution in [0.4, 0.5) is 4.79 Å². The second-order valence-corrected chi connectivity index (χ2v) is 9.23. The van der Waals surface area contributed by atoms with Gasteiger partial charge in [-0.25, -0.2) is 4.79 Å². The van der Waals surface area contributed by atoms with Crippen LogP contribution in [0.5, 0.6) is 0 Å². The number of alkyl carbamates (subject to hydrolysis) is 1. The van der Waals surface area contributed by atoms with E-state index in [2.05, 4.69) is 28.8 Å². The normalized spacial score (nSPS) is 15.7. The number of unbranched alkanes of at least 4 members (excludes halogenated alkanes) is 2. The first-order chi connectivity index (χ1) is 16.9. The van der Waals surface area contributed by atoms with Gasteiger partial charge in [-0.3, -0.25) is 9.59 Å². The summed E-state index contributed by atoms with van der Waals surface area (Å²) in [5.74, 6) is -1.46. The van der Waals surface area contributed by atoms with Crippen molar-refractivity contribution in [3.05, 3.63) is 59.7 Å². The largest absolute Gasteiger partial charge is 0.481 e. The third kappa shape index (κ3) is 5.46. The van der Waals surface area contributed by atoms with Crippen LogP contribution in [0.3, 0.4) is 0 Å². The monoisotopic (exact) mass is 475 g/mol. The molecular weight excluding hydrogens is 446 g/mol. The van der Waals surface area contributed by atoms with Gasteiger partial charge in [-0.1, -0.05) is 48.5 Å². The Kier molecular flexibility index (Phi) is 7.35. The van der Waals surface area contributed by atoms with E-state index in [-0.39, 0.29) is 19.1 Å². The maximum absolute atomic E-state index is 12.8. The fourth-order valence-corrected chi connectivity index (χ4v) is 4.60. The van der Waals surface area contributed by atoms with Gasteiger partial charge in [0.15, 0.2) is 0 Å². The first-order valence-electron chi connectivity index (χ1n) is 11.9. The molecule has 1 unspecified atom stereocenters. The predicted molar refractivity (Wildman–Crippen MR) is 128 cm³/mol. The zero-order valence-corrected chi connectivity index (χ0v) is 19.5. The highest BCUT2D eigenvalue weighted by atomic mass is 16.5. The predicted octanol–water partition coefficient (Wildman–Crippen LogP) is 3.96. The van der Waals surface area contributed by atoms with E-state index in [1.54, 1.807) is 0 Å². The Morgan fingerprint density at radius 1 is 1.06 bits per heavy atom. The molecule has 4 rings (SSSR count). The van der Waals surface area contributed by atoms with Gasteiger partial charge in [0.2, 0.25) is 5.91 Å². The molecule has 8 nitrogen and oxygen atoms in total. The van der Waals surface area contributed by atoms with Gasteiger partial charge in [0.25, 0.3) is 0 Å². The summed E-state index contributed by atoms with van der Waals surface area (Å²) >= 11 is 0. The van der Waals surface area contributed by atoms with Crippen molar-refractivity contribution >= 4 is 18.0 Å². The number of amides is 2. The fourth-order valence-electron chi connectivity index (χ4n) is 4.60. The molecule has 0 spiro atoms. The van der Waals surface area contributed by atoms with Crippen LogP contribution in [-0.4, -0.2) is 42.3 Å². The second kappa shape index (κ2) is 10.6. The lowest BCUT2D eigenvalue weighted by molar-refractivity contribution is -0.143. The standard InChI is InChI=1S/C27H29N3O5/c28-15-7-1-2-12-23(24(31)29-17-27(13-14-27)25(32)33)30-26(34)35-16-22-20-10-5-3-8-18(20)19-9-4-6-11-21(19)22/h3-6,8-11,22-23H,1-2,7,12-14,16-17H2,(H,29,31)(H,30,34)(H,32,33). The average Bonchev–Trinajstić information content (AvgIpc) is 3.60. The highest BCUT2D eigenvalue weighted by Gasteiger charge is 2.50. The van der Waals surface area contributed by atoms with Crippen LogP contribution in [0.1, 0.15) is 55.6 Å². The van der Waals surface area contributed by atoms with E-state index >= 15 is 0 Å². The molecule has 2 aromatic carbocycles. The minimum absolute atomic E-state index is 0.0300. The van der Waals surface area contributed by atoms with E-state index in [0.29, 0.717) is 38.5 Å². The Hall–Kier alpha value is -3.86. The smallest absolute Gasteiger partial charge is 0.407 e. The summed E-state index contributed by atoms with van der Waals surface area (Å²) in [6, 6.07) is 17.3. The summed E-state index contributed by atoms with van der Waals surface area (Å²) < 4.78 is 5.57. The number of aliphatic carboxylic acids is 1. The van der Waals surface area contributed by atoms with Crippen molar-refractivity contribution in [2.75, 3.05) is 13.2 Å². The molecule has 0 saturated heterocycles. The van der Waals surface area contributed by atoms with Crippen molar-refractivity contribution < 1.29 is 24.2 Å². The van der Waals surface area contributed by atoms with Crippen LogP contribution in [0.15, 0.2) is 48.5 Å². The number of nitrogens with one attached hydrogen (secondary N) is 2. The number of carboxylic acids is 1. The lowest BCUT2D eigenvalue weighted by atomic mass is 9.98. The molecule has 2 aliphatic carbocycles. The Balaban J connectivity index is 1.37. The van der Waals surface area contributed by atoms with Crippen LogP contribution >= 0.6 is 0 Å². The van der Waals surface area contributed by atoms with E-state index < -0.39 is 29.4 Å². The van der Waals surface area contributed by atoms with Crippen LogP contribution in [0, 0.1) is 16.7 Å². The van der Waals surface area contributed by atoms with Gasteiger partial charge in [-0.2, -0.15) is 5.26 Å². The quantitative estimate of drug-likeness (QED) is 0.422. The topological polar surface area (TPSA) is 129 Å². The van der Waals surface area contributed by atoms with Crippen molar-refractivity contribution in [3.63, 3.8) is 0 Å². The van der Waals surface area contributed by atoms with Crippen molar-refractivity contribution in [2.24, 2.45) is 5.41 Å². The number of carbonyl (C=O) groups is 3. The second-order valence-electron chi connectivity index (χ2n) is 9.23. The minimum Gasteiger partial charge on any atom is -0.481 e. The number of nitriles is 1. The van der Waals surface area contributed by atoms with Gasteiger partial charge in [0, 0.05) is 18.9 Å². The summed E-state index contributed by atoms with van der Waals surface area (Å²) in [5, 5.41) is 23.4. The first-order valence-corrected chi connectivity index (χ1v) is 11.9. The first kappa shape index (κ1) is 24.3. The van der Waals surface area contributed by atoms with Crippen LogP contribution in [0.2, 0.25) is 0 Å². The highest BCUT2D eigenvalue weighted by molar-refractivity contribution is 5.87. The maximum Gasteiger partial charge on any atom is 0.407 e. The highest BCUT2D eigenvalue weighted by Crippen LogP contribution is 2.45. The number of benzene rings is 2. The average molecular weight is 476 g/mol. The molecule has 0 aliphatic heterocycles. The zero-order chi connectivity index (χ0) is 24.8. The number of ether oxygens (including phenoxy) is 1. The maximum atomic E-state index is 12.8. The molecule has 2 amide bonds. The number of hydrogen-bond acceptors (Lipinski definition) is 5. The molecule has 0 bridgehead atoms. The SMILES string of the molecule is N#CCCCCC(NC(=O)OCC1c2ccccc2-c2ccccc21)C(=O)NCC1(C(=O)O)CC1. The Labute approximate surface area is 204 Å². The molecule has 0 radical (unpaired) electrons. The van der Waals surface area contributed by atoms with Gasteiger partial charge in [0.1, 0.15) is 12.6 Å². The summed E-state index contributed by atoms with van der Waals surface area (Å²) in [5.41, 5.74) is 3.54. The van der Waals surface area contributed by atoms with E-state index in [4.69, 9.17) is 10.00 Å². The summed E-state index contributed by atoms with van der Waals surface area (Å²) in [6.07, 6.45) is 2.21. The van der Waals surface area contributed by atoms with Gasteiger partial charge in [-0.15, -0.1) is 0 Å². The summed E-state index contributed by atoms with van der Waals surface area (Å²) in [6.45, 7) is 0.160. The minimum atomic E-state index is -0.923. The van der Waals surface area contributed by atoms with E-state index in [0.717, 1.165) is 22.3 Å². The zero-order valence-electron chi connectivity index (χ0n) is 19.5. The van der Waals surface area contributed by atoms with E-state index in [9.17, 15) is 19.5 Å². The molecule has 0 heterocycles. The Morgan fingerprint density at radius 3 is 2.26 bits per heavy atom. The van der Waals surface area contributed by atoms with E-state index in [1.165, 1.54) is 0 Å². The molecule has 1 fully saturated rings. The van der Waals surface area contributed by atoms with E-state index in [1.807, 2.05) is 36.4 Å². The molecule has 2 aromatic rings. The number of fused-ring (bicyclic) bond motifs is 3. The van der Waals surface area contributed by atoms with Gasteiger partial charge < -0.3 is 20.5 Å². The summed E-state index contributed by atoms with van der Waals surface area (Å²) in [7, 11) is 0. The van der Waals surface area contributed by atoms with Gasteiger partial charge >= 0.3 is 12.1 Å². The van der Waals surface area contributed by atoms with Crippen molar-refractivity contribution in [1.29, 1.82) is 5.26 Å². The number of nitrogens with zero attached hydrogens (tertiary/aromatic N) is 1. The molecular formula is C27H29N3O5. The molecule has 8 heteroatoms. The third-order valence-corrected chi connectivity index (χ3v) is 6.89. The lowest BCUT2D eigenvalue weighted by Crippen LogP contribution is -2.48. The van der Waals surface area contributed by atoms with Gasteiger partial charge in [0.05, 0.1) is 11.5 Å². The number of carbonyl (C=O) groups excluding carboxylic acids is 2. The van der Waals surface area contributed by atoms with Crippen LogP contribution < -0.4 is 10.6 Å². The van der Waals surface area contributed by atoms with Crippen molar-refractivity contribution in [1.82, 2.24) is 10.6 Å². The van der Waals surface area contributed by atoms with Crippen LogP contribution in [-0.2, 0) is 14.3 Å². The number of rotatable bonds is 11. The fraction of sp³-hybridized carbons (Fsp3) is 0.407. The lowest BCUT2D eigenvalue weighted by Gasteiger charge is -2.20. The third-order valence-electron chi connectivity index (χ3n) is 6.89. The molecule has 3 N–H and O–H groups in total. The summed E-state index contributed by atoms with van der Waals surface area (Å²) in [4.78, 5) is 36.9. The molecule has 35 heavy (non-hydrogen) atoms. The molecule has 2 aliphatic rings. The Morgan fingerprint density at radius 2 is 1.69 bits per heavy atom.